The van der Waals surface area contributed by atoms with Gasteiger partial charge in [-0.2, -0.15) is 13.8 Å². The number of carbonyl (C=O) groups excluding carboxylic acids is 1. The van der Waals surface area contributed by atoms with E-state index < -0.39 is 18.3 Å². The van der Waals surface area contributed by atoms with E-state index in [0.717, 1.165) is 6.42 Å². The number of rotatable bonds is 5. The molecule has 0 saturated carbocycles. The number of hydrogen-bond donors (Lipinski definition) is 1. The Morgan fingerprint density at radius 1 is 1.29 bits per heavy atom. The van der Waals surface area contributed by atoms with Gasteiger partial charge in [-0.15, -0.1) is 11.3 Å². The van der Waals surface area contributed by atoms with Crippen molar-refractivity contribution in [1.82, 2.24) is 14.9 Å². The van der Waals surface area contributed by atoms with E-state index in [9.17, 15) is 13.6 Å². The summed E-state index contributed by atoms with van der Waals surface area (Å²) in [5, 5.41) is 10.8. The third kappa shape index (κ3) is 4.16. The molecular weight excluding hydrogens is 470 g/mol. The van der Waals surface area contributed by atoms with Crippen molar-refractivity contribution in [3.05, 3.63) is 23.0 Å². The van der Waals surface area contributed by atoms with Gasteiger partial charge in [-0.25, -0.2) is 9.78 Å². The lowest BCUT2D eigenvalue weighted by atomic mass is 9.88. The molecule has 3 fully saturated rings. The van der Waals surface area contributed by atoms with Crippen LogP contribution in [0.5, 0.6) is 5.75 Å². The van der Waals surface area contributed by atoms with E-state index in [1.54, 1.807) is 16.5 Å². The Labute approximate surface area is 197 Å². The predicted octanol–water partition coefficient (Wildman–Crippen LogP) is 4.11. The fourth-order valence-corrected chi connectivity index (χ4v) is 4.86. The molecule has 5 heterocycles. The summed E-state index contributed by atoms with van der Waals surface area (Å²) in [6.45, 7) is 4.94. The molecule has 3 saturated heterocycles. The second-order valence-corrected chi connectivity index (χ2v) is 10.1. The second kappa shape index (κ2) is 8.05. The number of nitrogens with zero attached hydrogens (tertiary/aromatic N) is 4. The van der Waals surface area contributed by atoms with E-state index in [4.69, 9.17) is 19.0 Å². The number of anilines is 1. The fourth-order valence-electron chi connectivity index (χ4n) is 4.31. The maximum atomic E-state index is 13.8. The third-order valence-corrected chi connectivity index (χ3v) is 6.30. The van der Waals surface area contributed by atoms with Crippen LogP contribution in [-0.4, -0.2) is 69.6 Å². The van der Waals surface area contributed by atoms with E-state index in [2.05, 4.69) is 9.97 Å². The topological polar surface area (TPSA) is 101 Å². The van der Waals surface area contributed by atoms with Crippen LogP contribution in [0.15, 0.2) is 27.4 Å². The summed E-state index contributed by atoms with van der Waals surface area (Å²) in [4.78, 5) is 24.9. The smallest absolute Gasteiger partial charge is 0.421 e. The quantitative estimate of drug-likeness (QED) is 0.566. The molecule has 0 radical (unpaired) electrons. The molecule has 2 aromatic heterocycles. The molecular formula is C22H24F2N4O5S. The summed E-state index contributed by atoms with van der Waals surface area (Å²) < 4.78 is 43.9. The number of benzene rings is 1. The SMILES string of the molecule is CC(C)(C)OC(=O)N1C2CC1CN(c1nc3c(OC(F)(F)CO)ccc(-c4cscn4)c3o1)C2. The number of ether oxygens (including phenoxy) is 2. The van der Waals surface area contributed by atoms with E-state index in [1.165, 1.54) is 17.4 Å². The molecule has 0 aliphatic carbocycles. The van der Waals surface area contributed by atoms with E-state index in [1.807, 2.05) is 31.1 Å². The van der Waals surface area contributed by atoms with Gasteiger partial charge < -0.3 is 23.9 Å². The van der Waals surface area contributed by atoms with Crippen molar-refractivity contribution in [2.45, 2.75) is 51.0 Å². The van der Waals surface area contributed by atoms with Crippen molar-refractivity contribution in [1.29, 1.82) is 0 Å². The van der Waals surface area contributed by atoms with Gasteiger partial charge in [0.2, 0.25) is 0 Å². The minimum atomic E-state index is -3.77. The lowest BCUT2D eigenvalue weighted by Gasteiger charge is -2.55. The van der Waals surface area contributed by atoms with Gasteiger partial charge in [0.25, 0.3) is 6.01 Å². The molecule has 1 N–H and O–H groups in total. The first-order valence-corrected chi connectivity index (χ1v) is 11.7. The number of fused-ring (bicyclic) bond motifs is 3. The van der Waals surface area contributed by atoms with Crippen LogP contribution in [0.1, 0.15) is 27.2 Å². The van der Waals surface area contributed by atoms with Gasteiger partial charge in [-0.1, -0.05) is 0 Å². The highest BCUT2D eigenvalue weighted by molar-refractivity contribution is 7.07. The van der Waals surface area contributed by atoms with Crippen molar-refractivity contribution < 1.29 is 32.6 Å². The van der Waals surface area contributed by atoms with Crippen LogP contribution in [-0.2, 0) is 4.74 Å². The van der Waals surface area contributed by atoms with Gasteiger partial charge in [-0.05, 0) is 39.3 Å². The Kier molecular flexibility index (Phi) is 5.40. The summed E-state index contributed by atoms with van der Waals surface area (Å²) in [5.41, 5.74) is 2.65. The summed E-state index contributed by atoms with van der Waals surface area (Å²) in [7, 11) is 0. The highest BCUT2D eigenvalue weighted by atomic mass is 32.1. The van der Waals surface area contributed by atoms with Crippen molar-refractivity contribution in [2.75, 3.05) is 24.6 Å². The minimum absolute atomic E-state index is 0.0592. The Bertz CT molecular complexity index is 1200. The highest BCUT2D eigenvalue weighted by Crippen LogP contribution is 2.41. The summed E-state index contributed by atoms with van der Waals surface area (Å²) in [6.07, 6.45) is -3.27. The Balaban J connectivity index is 1.45. The van der Waals surface area contributed by atoms with Crippen molar-refractivity contribution in [3.8, 4) is 17.0 Å². The molecule has 182 valence electrons. The van der Waals surface area contributed by atoms with Gasteiger partial charge >= 0.3 is 12.2 Å². The number of piperidine rings is 1. The van der Waals surface area contributed by atoms with Crippen LogP contribution < -0.4 is 9.64 Å². The lowest BCUT2D eigenvalue weighted by molar-refractivity contribution is -0.200. The summed E-state index contributed by atoms with van der Waals surface area (Å²) >= 11 is 1.39. The number of aliphatic hydroxyl groups is 1. The number of piperazine rings is 1. The Hall–Kier alpha value is -2.99. The second-order valence-electron chi connectivity index (χ2n) is 9.39. The normalized spacial score (nSPS) is 20.4. The van der Waals surface area contributed by atoms with Gasteiger partial charge in [0.15, 0.2) is 16.8 Å². The van der Waals surface area contributed by atoms with Gasteiger partial charge in [-0.3, -0.25) is 4.90 Å². The molecule has 1 amide bonds. The lowest BCUT2D eigenvalue weighted by Crippen LogP contribution is -2.70. The number of aromatic nitrogens is 2. The van der Waals surface area contributed by atoms with Crippen molar-refractivity contribution >= 4 is 34.5 Å². The van der Waals surface area contributed by atoms with Crippen LogP contribution in [0.3, 0.4) is 0 Å². The molecule has 34 heavy (non-hydrogen) atoms. The van der Waals surface area contributed by atoms with Crippen molar-refractivity contribution in [3.63, 3.8) is 0 Å². The third-order valence-electron chi connectivity index (χ3n) is 5.71. The first kappa shape index (κ1) is 22.8. The van der Waals surface area contributed by atoms with Crippen LogP contribution >= 0.6 is 11.3 Å². The number of hydrogen-bond acceptors (Lipinski definition) is 9. The standard InChI is InChI=1S/C22H24F2N4O5S/c1-21(2,3)33-20(30)28-12-6-13(28)8-27(7-12)19-26-17-16(32-22(23,24)10-29)5-4-14(18(17)31-19)15-9-34-11-25-15/h4-5,9,11-13,29H,6-8,10H2,1-3H3. The zero-order valence-electron chi connectivity index (χ0n) is 18.8. The van der Waals surface area contributed by atoms with Crippen LogP contribution in [0.4, 0.5) is 19.6 Å². The first-order valence-electron chi connectivity index (χ1n) is 10.8. The Morgan fingerprint density at radius 2 is 2.03 bits per heavy atom. The highest BCUT2D eigenvalue weighted by Gasteiger charge is 2.49. The van der Waals surface area contributed by atoms with Gasteiger partial charge in [0.05, 0.1) is 23.3 Å². The predicted molar refractivity (Wildman–Crippen MR) is 120 cm³/mol. The number of oxazole rings is 1. The van der Waals surface area contributed by atoms with Gasteiger partial charge in [0, 0.05) is 24.0 Å². The molecule has 1 aromatic carbocycles. The average molecular weight is 495 g/mol. The molecule has 2 bridgehead atoms. The number of halogens is 2. The summed E-state index contributed by atoms with van der Waals surface area (Å²) in [5.74, 6) is -0.208. The molecule has 12 heteroatoms. The molecule has 2 unspecified atom stereocenters. The van der Waals surface area contributed by atoms with Crippen molar-refractivity contribution in [2.24, 2.45) is 0 Å². The largest absolute Gasteiger partial charge is 0.444 e. The van der Waals surface area contributed by atoms with Crippen LogP contribution in [0.2, 0.25) is 0 Å². The number of carbonyl (C=O) groups is 1. The molecule has 0 spiro atoms. The first-order chi connectivity index (χ1) is 16.0. The monoisotopic (exact) mass is 494 g/mol. The molecule has 6 rings (SSSR count). The van der Waals surface area contributed by atoms with Crippen LogP contribution in [0.25, 0.3) is 22.4 Å². The van der Waals surface area contributed by atoms with E-state index in [-0.39, 0.29) is 41.0 Å². The zero-order valence-corrected chi connectivity index (χ0v) is 19.6. The maximum absolute atomic E-state index is 13.8. The molecule has 3 aliphatic rings. The fraction of sp³-hybridized carbons (Fsp3) is 0.500. The van der Waals surface area contributed by atoms with Crippen LogP contribution in [0, 0.1) is 0 Å². The zero-order chi connectivity index (χ0) is 24.3. The minimum Gasteiger partial charge on any atom is -0.444 e. The molecule has 2 atom stereocenters. The number of amides is 1. The number of aliphatic hydroxyl groups excluding tert-OH is 1. The molecule has 3 aliphatic heterocycles. The molecule has 3 aromatic rings. The van der Waals surface area contributed by atoms with E-state index >= 15 is 0 Å². The van der Waals surface area contributed by atoms with Gasteiger partial charge in [0.1, 0.15) is 12.2 Å². The summed E-state index contributed by atoms with van der Waals surface area (Å²) in [6, 6.07) is 3.07. The maximum Gasteiger partial charge on any atom is 0.421 e. The number of alkyl halides is 2. The number of thiazole rings is 1. The Morgan fingerprint density at radius 3 is 2.65 bits per heavy atom. The average Bonchev–Trinajstić information content (AvgIpc) is 3.43. The van der Waals surface area contributed by atoms with E-state index in [0.29, 0.717) is 24.3 Å². The molecule has 9 nitrogen and oxygen atoms in total.